The highest BCUT2D eigenvalue weighted by Gasteiger charge is 2.25. The zero-order valence-corrected chi connectivity index (χ0v) is 26.1. The van der Waals surface area contributed by atoms with Crippen molar-refractivity contribution in [2.45, 2.75) is 0 Å². The number of nitrogens with zero attached hydrogens (tertiary/aromatic N) is 1. The van der Waals surface area contributed by atoms with Gasteiger partial charge in [-0.2, -0.15) is 5.10 Å². The molecule has 0 aliphatic carbocycles. The van der Waals surface area contributed by atoms with Crippen molar-refractivity contribution in [1.29, 1.82) is 0 Å². The van der Waals surface area contributed by atoms with Crippen molar-refractivity contribution in [2.75, 3.05) is 14.2 Å². The Morgan fingerprint density at radius 1 is 0.929 bits per heavy atom. The van der Waals surface area contributed by atoms with E-state index in [9.17, 15) is 9.59 Å². The molecule has 0 saturated carbocycles. The molecule has 0 atom stereocenters. The Balaban J connectivity index is 1.52. The Bertz CT molecular complexity index is 1840. The number of aromatic nitrogens is 1. The number of hydrogen-bond acceptors (Lipinski definition) is 6. The fraction of sp³-hybridized carbons (Fsp3) is 0.0645. The first kappa shape index (κ1) is 29.4. The lowest BCUT2D eigenvalue weighted by atomic mass is 10.0. The zero-order chi connectivity index (χ0) is 29.8. The Morgan fingerprint density at radius 3 is 2.33 bits per heavy atom. The molecule has 0 fully saturated rings. The number of hydrazone groups is 1. The van der Waals surface area contributed by atoms with Crippen LogP contribution < -0.4 is 19.6 Å². The molecule has 11 heteroatoms. The van der Waals surface area contributed by atoms with Gasteiger partial charge < -0.3 is 19.2 Å². The minimum absolute atomic E-state index is 0.198. The number of benzene rings is 4. The van der Waals surface area contributed by atoms with Gasteiger partial charge in [0.25, 0.3) is 5.91 Å². The Hall–Kier alpha value is -4.12. The van der Waals surface area contributed by atoms with E-state index in [2.05, 4.69) is 47.4 Å². The molecule has 8 nitrogen and oxygen atoms in total. The van der Waals surface area contributed by atoms with E-state index < -0.39 is 11.9 Å². The molecule has 1 heterocycles. The molecule has 1 aromatic heterocycles. The molecule has 5 rings (SSSR count). The molecule has 0 radical (unpaired) electrons. The SMILES string of the molecule is COc1ccc(OC)c2c(-c3ccccc3Cl)c(C(=O)NN=Cc3cc(Br)cc(Br)c3OC(=O)c3ccccc3)[nH]c12. The molecule has 2 N–H and O–H groups in total. The van der Waals surface area contributed by atoms with Gasteiger partial charge in [0.1, 0.15) is 17.2 Å². The highest BCUT2D eigenvalue weighted by atomic mass is 79.9. The van der Waals surface area contributed by atoms with Gasteiger partial charge in [0.05, 0.1) is 41.4 Å². The molecule has 212 valence electrons. The highest BCUT2D eigenvalue weighted by Crippen LogP contribution is 2.44. The van der Waals surface area contributed by atoms with Gasteiger partial charge in [0, 0.05) is 26.2 Å². The highest BCUT2D eigenvalue weighted by molar-refractivity contribution is 9.11. The van der Waals surface area contributed by atoms with Gasteiger partial charge in [-0.1, -0.05) is 63.9 Å². The van der Waals surface area contributed by atoms with Gasteiger partial charge in [0.2, 0.25) is 0 Å². The quantitative estimate of drug-likeness (QED) is 0.0735. The van der Waals surface area contributed by atoms with Gasteiger partial charge in [-0.3, -0.25) is 4.79 Å². The maximum Gasteiger partial charge on any atom is 0.343 e. The van der Waals surface area contributed by atoms with Gasteiger partial charge in [-0.25, -0.2) is 10.2 Å². The summed E-state index contributed by atoms with van der Waals surface area (Å²) in [5.41, 5.74) is 5.31. The van der Waals surface area contributed by atoms with Crippen LogP contribution >= 0.6 is 43.5 Å². The fourth-order valence-electron chi connectivity index (χ4n) is 4.42. The Morgan fingerprint density at radius 2 is 1.62 bits per heavy atom. The largest absolute Gasteiger partial charge is 0.496 e. The third-order valence-corrected chi connectivity index (χ3v) is 7.68. The third kappa shape index (κ3) is 5.92. The summed E-state index contributed by atoms with van der Waals surface area (Å²) in [5.74, 6) is 0.205. The lowest BCUT2D eigenvalue weighted by molar-refractivity contribution is 0.0733. The summed E-state index contributed by atoms with van der Waals surface area (Å²) in [6, 6.07) is 22.8. The van der Waals surface area contributed by atoms with Gasteiger partial charge in [-0.05, 0) is 58.4 Å². The van der Waals surface area contributed by atoms with Crippen LogP contribution in [-0.4, -0.2) is 37.3 Å². The number of nitrogens with one attached hydrogen (secondary N) is 2. The smallest absolute Gasteiger partial charge is 0.343 e. The lowest BCUT2D eigenvalue weighted by Crippen LogP contribution is -2.19. The average molecular weight is 712 g/mol. The number of amides is 1. The summed E-state index contributed by atoms with van der Waals surface area (Å²) >= 11 is 13.5. The van der Waals surface area contributed by atoms with Crippen molar-refractivity contribution >= 4 is 72.5 Å². The van der Waals surface area contributed by atoms with Gasteiger partial charge >= 0.3 is 5.97 Å². The van der Waals surface area contributed by atoms with Crippen molar-refractivity contribution < 1.29 is 23.8 Å². The van der Waals surface area contributed by atoms with Crippen LogP contribution in [0.15, 0.2) is 92.9 Å². The summed E-state index contributed by atoms with van der Waals surface area (Å²) < 4.78 is 18.1. The van der Waals surface area contributed by atoms with Crippen LogP contribution in [0.4, 0.5) is 0 Å². The van der Waals surface area contributed by atoms with Crippen molar-refractivity contribution in [1.82, 2.24) is 10.4 Å². The maximum atomic E-state index is 13.6. The van der Waals surface area contributed by atoms with Crippen LogP contribution in [0.1, 0.15) is 26.4 Å². The number of H-pyrrole nitrogens is 1. The number of rotatable bonds is 8. The van der Waals surface area contributed by atoms with Crippen LogP contribution in [0.25, 0.3) is 22.0 Å². The van der Waals surface area contributed by atoms with E-state index in [0.717, 1.165) is 0 Å². The number of ether oxygens (including phenoxy) is 3. The summed E-state index contributed by atoms with van der Waals surface area (Å²) in [6.07, 6.45) is 1.39. The molecular formula is C31H22Br2ClN3O5. The number of fused-ring (bicyclic) bond motifs is 1. The molecule has 0 aliphatic rings. The van der Waals surface area contributed by atoms with E-state index >= 15 is 0 Å². The molecule has 1 amide bonds. The first-order valence-corrected chi connectivity index (χ1v) is 14.4. The second-order valence-corrected chi connectivity index (χ2v) is 11.0. The molecular weight excluding hydrogens is 690 g/mol. The maximum absolute atomic E-state index is 13.6. The van der Waals surface area contributed by atoms with E-state index in [-0.39, 0.29) is 11.4 Å². The standard InChI is InChI=1S/C31H22Br2ClN3O5/c1-40-23-12-13-24(41-2)27-26(23)25(20-10-6-7-11-22(20)34)28(36-27)30(38)37-35-16-18-14-19(32)15-21(33)29(18)42-31(39)17-8-4-3-5-9-17/h3-16,36H,1-2H3,(H,37,38). The van der Waals surface area contributed by atoms with E-state index in [4.69, 9.17) is 25.8 Å². The lowest BCUT2D eigenvalue weighted by Gasteiger charge is -2.11. The number of methoxy groups -OCH3 is 2. The predicted octanol–water partition coefficient (Wildman–Crippen LogP) is 8.01. The Labute approximate surface area is 262 Å². The number of esters is 1. The van der Waals surface area contributed by atoms with Crippen molar-refractivity contribution in [2.24, 2.45) is 5.10 Å². The first-order valence-electron chi connectivity index (χ1n) is 12.4. The topological polar surface area (TPSA) is 102 Å². The van der Waals surface area contributed by atoms with Crippen molar-refractivity contribution in [3.05, 3.63) is 110 Å². The molecule has 5 aromatic rings. The zero-order valence-electron chi connectivity index (χ0n) is 22.2. The first-order chi connectivity index (χ1) is 20.3. The number of carbonyl (C=O) groups is 2. The Kier molecular flexibility index (Phi) is 8.96. The van der Waals surface area contributed by atoms with Crippen LogP contribution in [0.5, 0.6) is 17.2 Å². The molecule has 4 aromatic carbocycles. The van der Waals surface area contributed by atoms with E-state index in [0.29, 0.717) is 58.6 Å². The second-order valence-electron chi connectivity index (χ2n) is 8.84. The molecule has 42 heavy (non-hydrogen) atoms. The van der Waals surface area contributed by atoms with Crippen LogP contribution in [0.2, 0.25) is 5.02 Å². The van der Waals surface area contributed by atoms with E-state index in [1.54, 1.807) is 74.9 Å². The fourth-order valence-corrected chi connectivity index (χ4v) is 5.99. The normalized spacial score (nSPS) is 11.1. The minimum Gasteiger partial charge on any atom is -0.496 e. The van der Waals surface area contributed by atoms with Crippen molar-refractivity contribution in [3.63, 3.8) is 0 Å². The monoisotopic (exact) mass is 709 g/mol. The second kappa shape index (κ2) is 12.8. The van der Waals surface area contributed by atoms with E-state index in [1.165, 1.54) is 6.21 Å². The summed E-state index contributed by atoms with van der Waals surface area (Å²) in [4.78, 5) is 29.5. The molecule has 0 unspecified atom stereocenters. The van der Waals surface area contributed by atoms with Gasteiger partial charge in [0.15, 0.2) is 5.75 Å². The van der Waals surface area contributed by atoms with Crippen LogP contribution in [0.3, 0.4) is 0 Å². The number of hydrogen-bond donors (Lipinski definition) is 2. The molecule has 0 spiro atoms. The average Bonchev–Trinajstić information content (AvgIpc) is 3.39. The van der Waals surface area contributed by atoms with Gasteiger partial charge in [-0.15, -0.1) is 0 Å². The third-order valence-electron chi connectivity index (χ3n) is 6.30. The molecule has 0 saturated heterocycles. The summed E-state index contributed by atoms with van der Waals surface area (Å²) in [5, 5.41) is 5.26. The molecule has 0 bridgehead atoms. The van der Waals surface area contributed by atoms with E-state index in [1.807, 2.05) is 18.2 Å². The summed E-state index contributed by atoms with van der Waals surface area (Å²) in [7, 11) is 3.09. The summed E-state index contributed by atoms with van der Waals surface area (Å²) in [6.45, 7) is 0. The minimum atomic E-state index is -0.543. The van der Waals surface area contributed by atoms with Crippen LogP contribution in [-0.2, 0) is 0 Å². The number of aromatic amines is 1. The predicted molar refractivity (Wildman–Crippen MR) is 170 cm³/mol. The van der Waals surface area contributed by atoms with Crippen LogP contribution in [0, 0.1) is 0 Å². The number of halogens is 3. The van der Waals surface area contributed by atoms with Crippen molar-refractivity contribution in [3.8, 4) is 28.4 Å². The molecule has 0 aliphatic heterocycles. The number of carbonyl (C=O) groups excluding carboxylic acids is 2.